The van der Waals surface area contributed by atoms with Crippen LogP contribution in [0.2, 0.25) is 0 Å². The number of primary amides is 1. The molecule has 0 radical (unpaired) electrons. The van der Waals surface area contributed by atoms with Gasteiger partial charge in [-0.05, 0) is 25.0 Å². The number of carbonyl (C=O) groups excluding carboxylic acids is 3. The van der Waals surface area contributed by atoms with Gasteiger partial charge in [0, 0.05) is 13.0 Å². The van der Waals surface area contributed by atoms with Crippen molar-refractivity contribution in [1.29, 1.82) is 0 Å². The Morgan fingerprint density at radius 3 is 2.54 bits per heavy atom. The topological polar surface area (TPSA) is 120 Å². The van der Waals surface area contributed by atoms with Gasteiger partial charge in [0.05, 0.1) is 5.69 Å². The molecule has 0 heterocycles. The van der Waals surface area contributed by atoms with E-state index in [0.29, 0.717) is 25.8 Å². The molecule has 0 aromatic heterocycles. The van der Waals surface area contributed by atoms with Crippen LogP contribution < -0.4 is 21.1 Å². The highest BCUT2D eigenvalue weighted by atomic mass is 19.3. The third-order valence-electron chi connectivity index (χ3n) is 3.10. The number of esters is 1. The zero-order chi connectivity index (χ0) is 19.4. The summed E-state index contributed by atoms with van der Waals surface area (Å²) in [5.74, 6) is -1.42. The molecule has 26 heavy (non-hydrogen) atoms. The Morgan fingerprint density at radius 1 is 1.12 bits per heavy atom. The molecule has 0 unspecified atom stereocenters. The van der Waals surface area contributed by atoms with E-state index in [1.165, 1.54) is 24.3 Å². The van der Waals surface area contributed by atoms with Crippen LogP contribution in [0.4, 0.5) is 19.3 Å². The monoisotopic (exact) mass is 373 g/mol. The number of nitrogens with two attached hydrogens (primary N) is 1. The van der Waals surface area contributed by atoms with Gasteiger partial charge in [0.25, 0.3) is 5.91 Å². The second-order valence-electron chi connectivity index (χ2n) is 5.19. The molecule has 1 rings (SSSR count). The molecule has 0 bridgehead atoms. The number of urea groups is 1. The molecule has 0 fully saturated rings. The van der Waals surface area contributed by atoms with Crippen LogP contribution in [0.25, 0.3) is 0 Å². The molecule has 8 nitrogen and oxygen atoms in total. The van der Waals surface area contributed by atoms with Crippen molar-refractivity contribution in [1.82, 2.24) is 5.32 Å². The van der Waals surface area contributed by atoms with Gasteiger partial charge in [-0.3, -0.25) is 9.59 Å². The first-order chi connectivity index (χ1) is 12.4. The van der Waals surface area contributed by atoms with Crippen molar-refractivity contribution in [3.8, 4) is 5.75 Å². The number of amides is 3. The highest BCUT2D eigenvalue weighted by molar-refractivity contribution is 5.94. The zero-order valence-corrected chi connectivity index (χ0v) is 14.0. The average Bonchev–Trinajstić information content (AvgIpc) is 2.57. The first kappa shape index (κ1) is 21.1. The molecule has 10 heteroatoms. The highest BCUT2D eigenvalue weighted by Gasteiger charge is 2.13. The molecule has 0 saturated heterocycles. The molecule has 0 aliphatic heterocycles. The van der Waals surface area contributed by atoms with Crippen LogP contribution in [0, 0.1) is 0 Å². The molecule has 0 aliphatic carbocycles. The minimum absolute atomic E-state index is 0.0517. The lowest BCUT2D eigenvalue weighted by atomic mass is 10.2. The highest BCUT2D eigenvalue weighted by Crippen LogP contribution is 2.25. The van der Waals surface area contributed by atoms with E-state index in [1.807, 2.05) is 0 Å². The van der Waals surface area contributed by atoms with Crippen LogP contribution in [0.5, 0.6) is 5.75 Å². The lowest BCUT2D eigenvalue weighted by Gasteiger charge is -2.11. The molecule has 0 atom stereocenters. The zero-order valence-electron chi connectivity index (χ0n) is 14.0. The van der Waals surface area contributed by atoms with Crippen molar-refractivity contribution in [2.24, 2.45) is 5.73 Å². The average molecular weight is 373 g/mol. The molecule has 0 saturated carbocycles. The maximum absolute atomic E-state index is 12.3. The molecule has 0 spiro atoms. The predicted octanol–water partition coefficient (Wildman–Crippen LogP) is 2.00. The summed E-state index contributed by atoms with van der Waals surface area (Å²) < 4.78 is 33.7. The lowest BCUT2D eigenvalue weighted by molar-refractivity contribution is -0.147. The smallest absolute Gasteiger partial charge is 0.387 e. The van der Waals surface area contributed by atoms with Crippen LogP contribution in [-0.4, -0.2) is 37.7 Å². The summed E-state index contributed by atoms with van der Waals surface area (Å²) in [5, 5.41) is 4.77. The second-order valence-corrected chi connectivity index (χ2v) is 5.19. The second kappa shape index (κ2) is 11.6. The van der Waals surface area contributed by atoms with Crippen molar-refractivity contribution in [2.45, 2.75) is 32.3 Å². The summed E-state index contributed by atoms with van der Waals surface area (Å²) in [5.41, 5.74) is 4.96. The van der Waals surface area contributed by atoms with Gasteiger partial charge in [-0.15, -0.1) is 0 Å². The van der Waals surface area contributed by atoms with Crippen molar-refractivity contribution in [3.05, 3.63) is 24.3 Å². The molecule has 1 aromatic rings. The normalized spacial score (nSPS) is 10.3. The van der Waals surface area contributed by atoms with Gasteiger partial charge in [0.1, 0.15) is 5.75 Å². The van der Waals surface area contributed by atoms with Gasteiger partial charge >= 0.3 is 18.6 Å². The van der Waals surface area contributed by atoms with E-state index < -0.39 is 31.1 Å². The molecule has 144 valence electrons. The lowest BCUT2D eigenvalue weighted by Crippen LogP contribution is -2.29. The number of benzene rings is 1. The molecule has 1 aromatic carbocycles. The van der Waals surface area contributed by atoms with Gasteiger partial charge in [0.15, 0.2) is 6.61 Å². The predicted molar refractivity (Wildman–Crippen MR) is 88.7 cm³/mol. The van der Waals surface area contributed by atoms with E-state index in [4.69, 9.17) is 10.5 Å². The van der Waals surface area contributed by atoms with Crippen molar-refractivity contribution >= 4 is 23.6 Å². The Kier molecular flexibility index (Phi) is 9.44. The van der Waals surface area contributed by atoms with E-state index in [9.17, 15) is 23.2 Å². The maximum Gasteiger partial charge on any atom is 0.387 e. The van der Waals surface area contributed by atoms with Crippen molar-refractivity contribution in [3.63, 3.8) is 0 Å². The molecule has 4 N–H and O–H groups in total. The fourth-order valence-corrected chi connectivity index (χ4v) is 1.96. The summed E-state index contributed by atoms with van der Waals surface area (Å²) in [6, 6.07) is 5.08. The maximum atomic E-state index is 12.3. The van der Waals surface area contributed by atoms with E-state index in [1.54, 1.807) is 0 Å². The number of alkyl halides is 2. The molecular formula is C16H21F2N3O5. The van der Waals surface area contributed by atoms with Crippen molar-refractivity contribution < 1.29 is 32.6 Å². The first-order valence-corrected chi connectivity index (χ1v) is 7.91. The summed E-state index contributed by atoms with van der Waals surface area (Å²) in [6.45, 7) is -3.14. The number of halogens is 2. The van der Waals surface area contributed by atoms with Gasteiger partial charge in [0.2, 0.25) is 0 Å². The van der Waals surface area contributed by atoms with Gasteiger partial charge in [-0.25, -0.2) is 4.79 Å². The van der Waals surface area contributed by atoms with Gasteiger partial charge in [-0.2, -0.15) is 8.78 Å². The Balaban J connectivity index is 2.25. The number of hydrogen-bond donors (Lipinski definition) is 3. The number of anilines is 1. The number of para-hydroxylation sites is 2. The molecule has 0 aliphatic rings. The number of unbranched alkanes of at least 4 members (excludes halogenated alkanes) is 2. The quantitative estimate of drug-likeness (QED) is 0.405. The van der Waals surface area contributed by atoms with E-state index >= 15 is 0 Å². The summed E-state index contributed by atoms with van der Waals surface area (Å²) in [6.07, 6.45) is 2.00. The fraction of sp³-hybridized carbons (Fsp3) is 0.438. The van der Waals surface area contributed by atoms with Crippen molar-refractivity contribution in [2.75, 3.05) is 18.5 Å². The third kappa shape index (κ3) is 9.40. The SMILES string of the molecule is NC(=O)NCCCCCC(=O)OCC(=O)Nc1ccccc1OC(F)F. The largest absolute Gasteiger partial charge is 0.456 e. The number of rotatable bonds is 11. The van der Waals surface area contributed by atoms with Crippen LogP contribution in [0.15, 0.2) is 24.3 Å². The van der Waals surface area contributed by atoms with Gasteiger partial charge in [-0.1, -0.05) is 18.6 Å². The summed E-state index contributed by atoms with van der Waals surface area (Å²) in [4.78, 5) is 33.7. The third-order valence-corrected chi connectivity index (χ3v) is 3.10. The van der Waals surface area contributed by atoms with E-state index in [-0.39, 0.29) is 17.9 Å². The fourth-order valence-electron chi connectivity index (χ4n) is 1.96. The Hall–Kier alpha value is -2.91. The van der Waals surface area contributed by atoms with Crippen LogP contribution in [0.3, 0.4) is 0 Å². The Bertz CT molecular complexity index is 613. The Morgan fingerprint density at radius 2 is 1.85 bits per heavy atom. The Labute approximate surface area is 149 Å². The van der Waals surface area contributed by atoms with E-state index in [0.717, 1.165) is 0 Å². The van der Waals surface area contributed by atoms with Crippen LogP contribution in [-0.2, 0) is 14.3 Å². The number of nitrogens with one attached hydrogen (secondary N) is 2. The van der Waals surface area contributed by atoms with E-state index in [2.05, 4.69) is 15.4 Å². The number of ether oxygens (including phenoxy) is 2. The molecule has 3 amide bonds. The van der Waals surface area contributed by atoms with Crippen LogP contribution >= 0.6 is 0 Å². The van der Waals surface area contributed by atoms with Gasteiger partial charge < -0.3 is 25.8 Å². The standard InChI is InChI=1S/C16H21F2N3O5/c17-15(18)26-12-7-4-3-6-11(12)21-13(22)10-25-14(23)8-2-1-5-9-20-16(19)24/h3-4,6-7,15H,1-2,5,8-10H2,(H,21,22)(H3,19,20,24). The minimum atomic E-state index is -3.02. The summed E-state index contributed by atoms with van der Waals surface area (Å²) in [7, 11) is 0. The minimum Gasteiger partial charge on any atom is -0.456 e. The number of carbonyl (C=O) groups is 3. The molecular weight excluding hydrogens is 352 g/mol. The summed E-state index contributed by atoms with van der Waals surface area (Å²) >= 11 is 0. The van der Waals surface area contributed by atoms with Crippen LogP contribution in [0.1, 0.15) is 25.7 Å². The first-order valence-electron chi connectivity index (χ1n) is 7.91. The number of hydrogen-bond acceptors (Lipinski definition) is 5.